The second-order valence-corrected chi connectivity index (χ2v) is 3.52. The van der Waals surface area contributed by atoms with E-state index in [4.69, 9.17) is 40.0 Å². The third kappa shape index (κ3) is 19.9. The number of carbonyl (C=O) groups is 1. The van der Waals surface area contributed by atoms with E-state index < -0.39 is 6.03 Å². The highest BCUT2D eigenvalue weighted by atomic mass is 35.5. The molecule has 4 N–H and O–H groups in total. The van der Waals surface area contributed by atoms with Gasteiger partial charge in [-0.05, 0) is 0 Å². The van der Waals surface area contributed by atoms with Crippen molar-refractivity contribution in [3.8, 4) is 0 Å². The number of nitrogens with zero attached hydrogens (tertiary/aromatic N) is 1. The van der Waals surface area contributed by atoms with Gasteiger partial charge in [-0.25, -0.2) is 10.3 Å². The molecule has 0 aromatic rings. The van der Waals surface area contributed by atoms with Crippen molar-refractivity contribution in [1.82, 2.24) is 10.4 Å². The summed E-state index contributed by atoms with van der Waals surface area (Å²) in [6.07, 6.45) is 0. The lowest BCUT2D eigenvalue weighted by Gasteiger charge is -2.17. The van der Waals surface area contributed by atoms with Crippen LogP contribution in [-0.2, 0) is 0 Å². The third-order valence-corrected chi connectivity index (χ3v) is 1.82. The Bertz CT molecular complexity index is 139. The van der Waals surface area contributed by atoms with E-state index in [1.54, 1.807) is 0 Å². The third-order valence-electron chi connectivity index (χ3n) is 1.31. The first-order chi connectivity index (χ1) is 7.12. The van der Waals surface area contributed by atoms with Gasteiger partial charge < -0.3 is 5.73 Å². The Kier molecular flexibility index (Phi) is 24.0. The summed E-state index contributed by atoms with van der Waals surface area (Å²) in [5, 5.41) is 7.42. The Labute approximate surface area is 117 Å². The number of hydroxylamine groups is 1. The molecule has 0 aliphatic rings. The highest BCUT2D eigenvalue weighted by Crippen LogP contribution is 1.92. The summed E-state index contributed by atoms with van der Waals surface area (Å²) in [6, 6.07) is -0.940. The van der Waals surface area contributed by atoms with E-state index in [0.29, 0.717) is 17.6 Å². The molecular formula is C7H17Cl4N3O2. The molecule has 0 aromatic carbocycles. The zero-order valence-electron chi connectivity index (χ0n) is 8.66. The molecule has 2 amide bonds. The number of halogens is 4. The second-order valence-electron chi connectivity index (χ2n) is 2.38. The van der Waals surface area contributed by atoms with Crippen LogP contribution in [0, 0.1) is 0 Å². The molecule has 0 saturated carbocycles. The summed E-state index contributed by atoms with van der Waals surface area (Å²) in [7, 11) is 0. The Balaban J connectivity index is -0.000000242. The number of rotatable bonds is 6. The Morgan fingerprint density at radius 3 is 1.50 bits per heavy atom. The SMILES string of the molecule is Cl.ClCCN(CCCl)CCCl.NC(=O)NO. The van der Waals surface area contributed by atoms with Crippen molar-refractivity contribution in [3.05, 3.63) is 0 Å². The fourth-order valence-electron chi connectivity index (χ4n) is 0.694. The van der Waals surface area contributed by atoms with Crippen molar-refractivity contribution in [2.45, 2.75) is 0 Å². The van der Waals surface area contributed by atoms with Gasteiger partial charge in [0, 0.05) is 37.3 Å². The van der Waals surface area contributed by atoms with E-state index in [-0.39, 0.29) is 12.4 Å². The van der Waals surface area contributed by atoms with Gasteiger partial charge in [-0.3, -0.25) is 10.1 Å². The number of hydrogen-bond donors (Lipinski definition) is 3. The lowest BCUT2D eigenvalue weighted by atomic mass is 10.5. The fourth-order valence-corrected chi connectivity index (χ4v) is 1.41. The fraction of sp³-hybridized carbons (Fsp3) is 0.857. The number of primary amides is 1. The normalized spacial score (nSPS) is 8.81. The average molecular weight is 317 g/mol. The van der Waals surface area contributed by atoms with Crippen molar-refractivity contribution in [1.29, 1.82) is 0 Å². The molecule has 0 saturated heterocycles. The lowest BCUT2D eigenvalue weighted by Crippen LogP contribution is -2.29. The van der Waals surface area contributed by atoms with Crippen LogP contribution in [0.5, 0.6) is 0 Å². The zero-order chi connectivity index (χ0) is 12.1. The quantitative estimate of drug-likeness (QED) is 0.394. The molecular weight excluding hydrogens is 300 g/mol. The van der Waals surface area contributed by atoms with Crippen LogP contribution in [0.1, 0.15) is 0 Å². The van der Waals surface area contributed by atoms with Crippen molar-refractivity contribution < 1.29 is 10.0 Å². The molecule has 0 aromatic heterocycles. The van der Waals surface area contributed by atoms with Crippen LogP contribution in [-0.4, -0.2) is 53.4 Å². The van der Waals surface area contributed by atoms with Gasteiger partial charge in [-0.1, -0.05) is 0 Å². The molecule has 0 spiro atoms. The number of carbonyl (C=O) groups excluding carboxylic acids is 1. The summed E-state index contributed by atoms with van der Waals surface area (Å²) in [4.78, 5) is 11.4. The van der Waals surface area contributed by atoms with Crippen LogP contribution in [0.2, 0.25) is 0 Å². The Morgan fingerprint density at radius 1 is 1.12 bits per heavy atom. The molecule has 9 heteroatoms. The molecule has 0 aliphatic heterocycles. The Morgan fingerprint density at radius 2 is 1.38 bits per heavy atom. The maximum Gasteiger partial charge on any atom is 0.335 e. The second kappa shape index (κ2) is 17.7. The molecule has 0 bridgehead atoms. The molecule has 5 nitrogen and oxygen atoms in total. The van der Waals surface area contributed by atoms with Crippen LogP contribution in [0.25, 0.3) is 0 Å². The summed E-state index contributed by atoms with van der Waals surface area (Å²) in [6.45, 7) is 2.63. The molecule has 0 radical (unpaired) electrons. The first-order valence-electron chi connectivity index (χ1n) is 4.22. The first-order valence-corrected chi connectivity index (χ1v) is 5.82. The maximum atomic E-state index is 9.23. The lowest BCUT2D eigenvalue weighted by molar-refractivity contribution is 0.169. The number of alkyl halides is 3. The molecule has 0 fully saturated rings. The largest absolute Gasteiger partial charge is 0.350 e. The number of amides is 2. The minimum Gasteiger partial charge on any atom is -0.350 e. The molecule has 0 atom stereocenters. The van der Waals surface area contributed by atoms with Crippen molar-refractivity contribution in [3.63, 3.8) is 0 Å². The van der Waals surface area contributed by atoms with E-state index in [2.05, 4.69) is 10.6 Å². The molecule has 0 rings (SSSR count). The number of urea groups is 1. The zero-order valence-corrected chi connectivity index (χ0v) is 11.7. The summed E-state index contributed by atoms with van der Waals surface area (Å²) >= 11 is 16.6. The monoisotopic (exact) mass is 315 g/mol. The van der Waals surface area contributed by atoms with Crippen LogP contribution >= 0.6 is 47.2 Å². The van der Waals surface area contributed by atoms with Gasteiger partial charge >= 0.3 is 6.03 Å². The van der Waals surface area contributed by atoms with Gasteiger partial charge in [0.2, 0.25) is 0 Å². The maximum absolute atomic E-state index is 9.23. The van der Waals surface area contributed by atoms with Crippen LogP contribution in [0.3, 0.4) is 0 Å². The predicted molar refractivity (Wildman–Crippen MR) is 70.4 cm³/mol. The summed E-state index contributed by atoms with van der Waals surface area (Å²) in [5.74, 6) is 1.94. The van der Waals surface area contributed by atoms with Crippen molar-refractivity contribution in [2.24, 2.45) is 5.73 Å². The molecule has 0 unspecified atom stereocenters. The highest BCUT2D eigenvalue weighted by Gasteiger charge is 2.00. The molecule has 100 valence electrons. The van der Waals surface area contributed by atoms with Gasteiger partial charge in [0.25, 0.3) is 0 Å². The number of nitrogens with one attached hydrogen (secondary N) is 1. The van der Waals surface area contributed by atoms with Crippen molar-refractivity contribution >= 4 is 53.2 Å². The molecule has 0 heterocycles. The number of nitrogens with two attached hydrogens (primary N) is 1. The van der Waals surface area contributed by atoms with Gasteiger partial charge in [0.1, 0.15) is 0 Å². The first kappa shape index (κ1) is 21.6. The summed E-state index contributed by atoms with van der Waals surface area (Å²) < 4.78 is 0. The van der Waals surface area contributed by atoms with E-state index in [9.17, 15) is 4.79 Å². The van der Waals surface area contributed by atoms with E-state index >= 15 is 0 Å². The van der Waals surface area contributed by atoms with E-state index in [1.165, 1.54) is 5.48 Å². The van der Waals surface area contributed by atoms with Gasteiger partial charge in [-0.2, -0.15) is 0 Å². The predicted octanol–water partition coefficient (Wildman–Crippen LogP) is 1.47. The van der Waals surface area contributed by atoms with Crippen LogP contribution in [0.4, 0.5) is 4.79 Å². The van der Waals surface area contributed by atoms with Gasteiger partial charge in [0.15, 0.2) is 0 Å². The standard InChI is InChI=1S/C6H12Cl3N.CH4N2O2.ClH/c7-1-4-10(5-2-8)6-3-9;2-1(4)3-5;/h1-6H2;5H,(H3,2,3,4);1H. The average Bonchev–Trinajstić information content (AvgIpc) is 2.20. The minimum absolute atomic E-state index is 0. The topological polar surface area (TPSA) is 78.6 Å². The summed E-state index contributed by atoms with van der Waals surface area (Å²) in [5.41, 5.74) is 5.46. The smallest absolute Gasteiger partial charge is 0.335 e. The molecule has 16 heavy (non-hydrogen) atoms. The Hall–Kier alpha value is 0.350. The van der Waals surface area contributed by atoms with Gasteiger partial charge in [-0.15, -0.1) is 47.2 Å². The molecule has 0 aliphatic carbocycles. The number of hydrogen-bond acceptors (Lipinski definition) is 3. The van der Waals surface area contributed by atoms with Crippen LogP contribution < -0.4 is 11.2 Å². The van der Waals surface area contributed by atoms with E-state index in [0.717, 1.165) is 19.6 Å². The highest BCUT2D eigenvalue weighted by molar-refractivity contribution is 6.18. The van der Waals surface area contributed by atoms with E-state index in [1.807, 2.05) is 0 Å². The minimum atomic E-state index is -0.940. The van der Waals surface area contributed by atoms with Crippen LogP contribution in [0.15, 0.2) is 0 Å². The van der Waals surface area contributed by atoms with Gasteiger partial charge in [0.05, 0.1) is 0 Å². The van der Waals surface area contributed by atoms with Crippen molar-refractivity contribution in [2.75, 3.05) is 37.3 Å².